The molecule has 186 valence electrons. The van der Waals surface area contributed by atoms with E-state index in [9.17, 15) is 19.6 Å². The fraction of sp³-hybridized carbons (Fsp3) is 0.519. The molecule has 2 aromatic rings. The fourth-order valence-electron chi connectivity index (χ4n) is 5.90. The molecule has 0 radical (unpaired) electrons. The monoisotopic (exact) mass is 486 g/mol. The van der Waals surface area contributed by atoms with Crippen molar-refractivity contribution in [2.24, 2.45) is 5.92 Å². The van der Waals surface area contributed by atoms with Gasteiger partial charge in [0.15, 0.2) is 0 Å². The lowest BCUT2D eigenvalue weighted by atomic mass is 9.80. The van der Waals surface area contributed by atoms with Gasteiger partial charge in [-0.3, -0.25) is 19.1 Å². The van der Waals surface area contributed by atoms with Gasteiger partial charge in [-0.15, -0.1) is 0 Å². The standard InChI is InChI=1S/C27H30N6O3/c1-26(2,3)33-13-18-21(30-33)14-31(23(18)34)22(10-16-8-9-16)24(35)32-15-27(11-17(32)12-28)19-6-4-5-7-20(19)29-25(27)36/h4-7,13,16-17,22H,8-11,14-15H2,1-3H3,(H,29,36)/t17-,22-,27-/m0/s1. The summed E-state index contributed by atoms with van der Waals surface area (Å²) in [6.07, 6.45) is 4.67. The second-order valence-corrected chi connectivity index (χ2v) is 11.6. The molecule has 2 fully saturated rings. The summed E-state index contributed by atoms with van der Waals surface area (Å²) in [7, 11) is 0. The molecule has 9 heteroatoms. The average molecular weight is 487 g/mol. The molecule has 1 aliphatic carbocycles. The summed E-state index contributed by atoms with van der Waals surface area (Å²) in [5.41, 5.74) is 1.60. The number of para-hydroxylation sites is 1. The number of carbonyl (C=O) groups excluding carboxylic acids is 3. The van der Waals surface area contributed by atoms with Crippen LogP contribution in [0.4, 0.5) is 5.69 Å². The van der Waals surface area contributed by atoms with Crippen molar-refractivity contribution in [3.8, 4) is 6.07 Å². The molecule has 0 unspecified atom stereocenters. The van der Waals surface area contributed by atoms with Gasteiger partial charge in [0.25, 0.3) is 5.91 Å². The second kappa shape index (κ2) is 7.66. The second-order valence-electron chi connectivity index (χ2n) is 11.6. The number of hydrogen-bond donors (Lipinski definition) is 1. The Morgan fingerprint density at radius 2 is 2.03 bits per heavy atom. The van der Waals surface area contributed by atoms with Crippen LogP contribution in [0.3, 0.4) is 0 Å². The van der Waals surface area contributed by atoms with Crippen LogP contribution in [0.2, 0.25) is 0 Å². The van der Waals surface area contributed by atoms with E-state index in [0.717, 1.165) is 24.1 Å². The zero-order valence-corrected chi connectivity index (χ0v) is 20.8. The maximum Gasteiger partial charge on any atom is 0.258 e. The number of anilines is 1. The summed E-state index contributed by atoms with van der Waals surface area (Å²) in [6, 6.07) is 8.34. The van der Waals surface area contributed by atoms with Gasteiger partial charge in [0.1, 0.15) is 12.1 Å². The van der Waals surface area contributed by atoms with Gasteiger partial charge < -0.3 is 15.1 Å². The molecule has 3 amide bonds. The third-order valence-corrected chi connectivity index (χ3v) is 8.12. The number of nitrogens with one attached hydrogen (secondary N) is 1. The Labute approximate surface area is 210 Å². The highest BCUT2D eigenvalue weighted by Crippen LogP contribution is 2.47. The van der Waals surface area contributed by atoms with Crippen LogP contribution in [0.5, 0.6) is 0 Å². The Bertz CT molecular complexity index is 1330. The van der Waals surface area contributed by atoms with Crippen LogP contribution in [0.1, 0.15) is 68.1 Å². The van der Waals surface area contributed by atoms with Gasteiger partial charge in [-0.2, -0.15) is 10.4 Å². The van der Waals surface area contributed by atoms with Crippen molar-refractivity contribution >= 4 is 23.4 Å². The number of hydrogen-bond acceptors (Lipinski definition) is 5. The first-order valence-corrected chi connectivity index (χ1v) is 12.6. The largest absolute Gasteiger partial charge is 0.325 e. The smallest absolute Gasteiger partial charge is 0.258 e. The molecule has 0 bridgehead atoms. The van der Waals surface area contributed by atoms with Gasteiger partial charge in [0.05, 0.1) is 34.8 Å². The number of nitriles is 1. The van der Waals surface area contributed by atoms with Crippen LogP contribution in [-0.4, -0.2) is 55.9 Å². The van der Waals surface area contributed by atoms with Crippen molar-refractivity contribution in [2.75, 3.05) is 11.9 Å². The molecule has 3 atom stereocenters. The van der Waals surface area contributed by atoms with Gasteiger partial charge in [0.2, 0.25) is 11.8 Å². The van der Waals surface area contributed by atoms with E-state index in [1.807, 2.05) is 45.0 Å². The maximum atomic E-state index is 14.1. The summed E-state index contributed by atoms with van der Waals surface area (Å²) >= 11 is 0. The molecule has 4 heterocycles. The lowest BCUT2D eigenvalue weighted by molar-refractivity contribution is -0.137. The van der Waals surface area contributed by atoms with Gasteiger partial charge in [-0.05, 0) is 44.7 Å². The van der Waals surface area contributed by atoms with E-state index in [4.69, 9.17) is 0 Å². The molecular formula is C27H30N6O3. The van der Waals surface area contributed by atoms with Crippen molar-refractivity contribution in [1.82, 2.24) is 19.6 Å². The molecule has 3 aliphatic heterocycles. The molecule has 4 aliphatic rings. The van der Waals surface area contributed by atoms with Crippen molar-refractivity contribution in [2.45, 2.75) is 76.0 Å². The van der Waals surface area contributed by atoms with Crippen molar-refractivity contribution in [3.05, 3.63) is 47.3 Å². The van der Waals surface area contributed by atoms with E-state index in [1.54, 1.807) is 20.7 Å². The third kappa shape index (κ3) is 3.34. The number of carbonyl (C=O) groups is 3. The number of rotatable bonds is 4. The minimum atomic E-state index is -0.942. The number of fused-ring (bicyclic) bond motifs is 3. The van der Waals surface area contributed by atoms with E-state index in [2.05, 4.69) is 16.5 Å². The predicted molar refractivity (Wildman–Crippen MR) is 131 cm³/mol. The fourth-order valence-corrected chi connectivity index (χ4v) is 5.90. The Kier molecular flexibility index (Phi) is 4.85. The average Bonchev–Trinajstić information content (AvgIpc) is 3.19. The Hall–Kier alpha value is -3.67. The normalized spacial score (nSPS) is 25.7. The summed E-state index contributed by atoms with van der Waals surface area (Å²) in [6.45, 7) is 6.50. The van der Waals surface area contributed by atoms with Crippen molar-refractivity contribution < 1.29 is 14.4 Å². The molecule has 1 saturated carbocycles. The molecule has 1 N–H and O–H groups in total. The first kappa shape index (κ1) is 22.8. The van der Waals surface area contributed by atoms with E-state index < -0.39 is 17.5 Å². The lowest BCUT2D eigenvalue weighted by Gasteiger charge is -2.32. The molecular weight excluding hydrogens is 456 g/mol. The van der Waals surface area contributed by atoms with Gasteiger partial charge in [-0.25, -0.2) is 0 Å². The summed E-state index contributed by atoms with van der Waals surface area (Å²) in [4.78, 5) is 43.9. The predicted octanol–water partition coefficient (Wildman–Crippen LogP) is 2.78. The molecule has 6 rings (SSSR count). The number of amides is 3. The van der Waals surface area contributed by atoms with E-state index in [0.29, 0.717) is 23.6 Å². The quantitative estimate of drug-likeness (QED) is 0.714. The van der Waals surface area contributed by atoms with E-state index in [-0.39, 0.29) is 42.8 Å². The molecule has 1 aromatic heterocycles. The summed E-state index contributed by atoms with van der Waals surface area (Å²) < 4.78 is 1.80. The van der Waals surface area contributed by atoms with Gasteiger partial charge in [-0.1, -0.05) is 31.0 Å². The van der Waals surface area contributed by atoms with Crippen LogP contribution < -0.4 is 5.32 Å². The van der Waals surface area contributed by atoms with Crippen LogP contribution in [0, 0.1) is 17.2 Å². The molecule has 9 nitrogen and oxygen atoms in total. The van der Waals surface area contributed by atoms with Crippen LogP contribution in [0.25, 0.3) is 0 Å². The number of nitrogens with zero attached hydrogens (tertiary/aromatic N) is 5. The summed E-state index contributed by atoms with van der Waals surface area (Å²) in [5, 5.41) is 17.6. The number of aromatic nitrogens is 2. The molecule has 36 heavy (non-hydrogen) atoms. The van der Waals surface area contributed by atoms with Crippen LogP contribution in [-0.2, 0) is 27.1 Å². The Morgan fingerprint density at radius 1 is 1.28 bits per heavy atom. The van der Waals surface area contributed by atoms with Crippen LogP contribution >= 0.6 is 0 Å². The minimum absolute atomic E-state index is 0.136. The summed E-state index contributed by atoms with van der Waals surface area (Å²) in [5.74, 6) is -0.219. The number of likely N-dealkylation sites (tertiary alicyclic amines) is 1. The molecule has 1 saturated heterocycles. The zero-order chi connectivity index (χ0) is 25.4. The maximum absolute atomic E-state index is 14.1. The highest BCUT2D eigenvalue weighted by molar-refractivity contribution is 6.07. The molecule has 1 aromatic carbocycles. The molecule has 1 spiro atoms. The zero-order valence-electron chi connectivity index (χ0n) is 20.8. The highest BCUT2D eigenvalue weighted by Gasteiger charge is 2.57. The lowest BCUT2D eigenvalue weighted by Crippen LogP contribution is -2.51. The highest BCUT2D eigenvalue weighted by atomic mass is 16.2. The SMILES string of the molecule is CC(C)(C)n1cc2c(n1)CN([C@@H](CC1CC1)C(=O)N1C[C@]3(C[C@H]1C#N)C(=O)Nc1ccccc13)C2=O. The van der Waals surface area contributed by atoms with Crippen molar-refractivity contribution in [3.63, 3.8) is 0 Å². The van der Waals surface area contributed by atoms with Crippen LogP contribution in [0.15, 0.2) is 30.5 Å². The van der Waals surface area contributed by atoms with Crippen molar-refractivity contribution in [1.29, 1.82) is 5.26 Å². The Balaban J connectivity index is 1.30. The first-order chi connectivity index (χ1) is 17.1. The van der Waals surface area contributed by atoms with E-state index in [1.165, 1.54) is 0 Å². The van der Waals surface area contributed by atoms with E-state index >= 15 is 0 Å². The minimum Gasteiger partial charge on any atom is -0.325 e. The van der Waals surface area contributed by atoms with Gasteiger partial charge >= 0.3 is 0 Å². The number of benzene rings is 1. The van der Waals surface area contributed by atoms with Gasteiger partial charge in [0, 0.05) is 24.8 Å². The third-order valence-electron chi connectivity index (χ3n) is 8.12. The Morgan fingerprint density at radius 3 is 2.69 bits per heavy atom. The topological polar surface area (TPSA) is 111 Å². The first-order valence-electron chi connectivity index (χ1n) is 12.6.